The third kappa shape index (κ3) is 4.79. The maximum Gasteiger partial charge on any atom is 0.337 e. The third-order valence-corrected chi connectivity index (χ3v) is 5.84. The molecule has 0 spiro atoms. The van der Waals surface area contributed by atoms with Gasteiger partial charge in [-0.2, -0.15) is 0 Å². The molecule has 7 nitrogen and oxygen atoms in total. The number of hydrogen-bond acceptors (Lipinski definition) is 4. The van der Waals surface area contributed by atoms with Crippen molar-refractivity contribution in [1.29, 1.82) is 0 Å². The van der Waals surface area contributed by atoms with E-state index < -0.39 is 21.9 Å². The van der Waals surface area contributed by atoms with Crippen LogP contribution in [0.2, 0.25) is 5.02 Å². The number of amides is 1. The number of aromatic carboxylic acids is 1. The van der Waals surface area contributed by atoms with Crippen LogP contribution in [0, 0.1) is 6.92 Å². The molecule has 154 valence electrons. The van der Waals surface area contributed by atoms with E-state index in [0.717, 1.165) is 0 Å². The average molecular weight is 445 g/mol. The normalized spacial score (nSPS) is 11.0. The summed E-state index contributed by atoms with van der Waals surface area (Å²) in [6, 6.07) is 16.1. The first-order valence-electron chi connectivity index (χ1n) is 8.70. The first kappa shape index (κ1) is 21.4. The van der Waals surface area contributed by atoms with Gasteiger partial charge in [-0.1, -0.05) is 29.8 Å². The van der Waals surface area contributed by atoms with E-state index in [4.69, 9.17) is 11.6 Å². The monoisotopic (exact) mass is 444 g/mol. The molecular weight excluding hydrogens is 428 g/mol. The van der Waals surface area contributed by atoms with Gasteiger partial charge in [-0.15, -0.1) is 0 Å². The van der Waals surface area contributed by atoms with Gasteiger partial charge in [-0.3, -0.25) is 9.52 Å². The first-order valence-corrected chi connectivity index (χ1v) is 10.6. The van der Waals surface area contributed by atoms with Crippen LogP contribution in [0.5, 0.6) is 0 Å². The van der Waals surface area contributed by atoms with E-state index in [1.165, 1.54) is 42.5 Å². The number of carbonyl (C=O) groups is 2. The number of carboxylic acids is 1. The highest BCUT2D eigenvalue weighted by atomic mass is 35.5. The topological polar surface area (TPSA) is 113 Å². The number of rotatable bonds is 6. The zero-order valence-corrected chi connectivity index (χ0v) is 17.3. The van der Waals surface area contributed by atoms with Crippen LogP contribution in [-0.4, -0.2) is 25.4 Å². The summed E-state index contributed by atoms with van der Waals surface area (Å²) in [5, 5.41) is 12.2. The molecule has 0 unspecified atom stereocenters. The van der Waals surface area contributed by atoms with Crippen molar-refractivity contribution >= 4 is 44.9 Å². The predicted molar refractivity (Wildman–Crippen MR) is 115 cm³/mol. The standard InChI is InChI=1S/C21H17ClN2O5S/c1-13-11-15(22)9-10-18(13)24-30(28,29)16-6-4-5-14(12-16)20(25)23-19-8-3-2-7-17(19)21(26)27/h2-12,24H,1H3,(H,23,25)(H,26,27). The Kier molecular flexibility index (Phi) is 6.09. The second-order valence-electron chi connectivity index (χ2n) is 6.40. The minimum absolute atomic E-state index is 0.0610. The Morgan fingerprint density at radius 2 is 1.67 bits per heavy atom. The van der Waals surface area contributed by atoms with Crippen molar-refractivity contribution in [3.63, 3.8) is 0 Å². The number of anilines is 2. The van der Waals surface area contributed by atoms with Gasteiger partial charge < -0.3 is 10.4 Å². The number of sulfonamides is 1. The summed E-state index contributed by atoms with van der Waals surface area (Å²) < 4.78 is 28.0. The molecule has 0 bridgehead atoms. The molecule has 3 N–H and O–H groups in total. The van der Waals surface area contributed by atoms with Crippen LogP contribution in [0.25, 0.3) is 0 Å². The van der Waals surface area contributed by atoms with Crippen molar-refractivity contribution in [1.82, 2.24) is 0 Å². The Bertz CT molecular complexity index is 1240. The molecule has 1 amide bonds. The number of carboxylic acid groups (broad SMARTS) is 1. The zero-order chi connectivity index (χ0) is 21.9. The Hall–Kier alpha value is -3.36. The van der Waals surface area contributed by atoms with Gasteiger partial charge in [0.05, 0.1) is 21.8 Å². The molecule has 0 radical (unpaired) electrons. The van der Waals surface area contributed by atoms with Gasteiger partial charge in [0.25, 0.3) is 15.9 Å². The van der Waals surface area contributed by atoms with Gasteiger partial charge in [0.15, 0.2) is 0 Å². The van der Waals surface area contributed by atoms with Crippen LogP contribution in [0.3, 0.4) is 0 Å². The van der Waals surface area contributed by atoms with Gasteiger partial charge in [0.2, 0.25) is 0 Å². The Morgan fingerprint density at radius 3 is 2.37 bits per heavy atom. The number of benzene rings is 3. The summed E-state index contributed by atoms with van der Waals surface area (Å²) in [5.41, 5.74) is 1.11. The van der Waals surface area contributed by atoms with Gasteiger partial charge >= 0.3 is 5.97 Å². The molecule has 0 heterocycles. The smallest absolute Gasteiger partial charge is 0.337 e. The van der Waals surface area contributed by atoms with E-state index in [1.807, 2.05) is 0 Å². The molecule has 0 aliphatic heterocycles. The van der Waals surface area contributed by atoms with Crippen molar-refractivity contribution in [2.45, 2.75) is 11.8 Å². The molecule has 0 saturated carbocycles. The predicted octanol–water partition coefficient (Wildman–Crippen LogP) is 4.40. The van der Waals surface area contributed by atoms with Crippen LogP contribution >= 0.6 is 11.6 Å². The summed E-state index contributed by atoms with van der Waals surface area (Å²) in [4.78, 5) is 23.8. The second kappa shape index (κ2) is 8.56. The van der Waals surface area contributed by atoms with Crippen LogP contribution in [0.4, 0.5) is 11.4 Å². The number of nitrogens with one attached hydrogen (secondary N) is 2. The van der Waals surface area contributed by atoms with E-state index in [0.29, 0.717) is 16.3 Å². The maximum atomic E-state index is 12.8. The van der Waals surface area contributed by atoms with Crippen molar-refractivity contribution in [3.8, 4) is 0 Å². The summed E-state index contributed by atoms with van der Waals surface area (Å²) in [6.45, 7) is 1.72. The van der Waals surface area contributed by atoms with Gasteiger partial charge in [-0.25, -0.2) is 13.2 Å². The van der Waals surface area contributed by atoms with Crippen molar-refractivity contribution in [2.75, 3.05) is 10.0 Å². The number of carbonyl (C=O) groups excluding carboxylic acids is 1. The van der Waals surface area contributed by atoms with E-state index in [1.54, 1.807) is 31.2 Å². The molecule has 3 aromatic carbocycles. The lowest BCUT2D eigenvalue weighted by Crippen LogP contribution is -2.17. The first-order chi connectivity index (χ1) is 14.2. The molecule has 3 aromatic rings. The summed E-state index contributed by atoms with van der Waals surface area (Å²) in [7, 11) is -3.97. The van der Waals surface area contributed by atoms with Crippen molar-refractivity contribution in [2.24, 2.45) is 0 Å². The van der Waals surface area contributed by atoms with Gasteiger partial charge in [0, 0.05) is 10.6 Å². The summed E-state index contributed by atoms with van der Waals surface area (Å²) >= 11 is 5.90. The molecule has 9 heteroatoms. The maximum absolute atomic E-state index is 12.8. The van der Waals surface area contributed by atoms with Gasteiger partial charge in [-0.05, 0) is 61.0 Å². The van der Waals surface area contributed by atoms with Crippen molar-refractivity contribution < 1.29 is 23.1 Å². The molecule has 0 aliphatic rings. The highest BCUT2D eigenvalue weighted by Gasteiger charge is 2.19. The Labute approximate surface area is 178 Å². The number of aryl methyl sites for hydroxylation is 1. The molecule has 0 aliphatic carbocycles. The SMILES string of the molecule is Cc1cc(Cl)ccc1NS(=O)(=O)c1cccc(C(=O)Nc2ccccc2C(=O)O)c1. The lowest BCUT2D eigenvalue weighted by atomic mass is 10.1. The van der Waals surface area contributed by atoms with Crippen molar-refractivity contribution in [3.05, 3.63) is 88.4 Å². The number of halogens is 1. The second-order valence-corrected chi connectivity index (χ2v) is 8.52. The molecule has 0 fully saturated rings. The molecule has 30 heavy (non-hydrogen) atoms. The van der Waals surface area contributed by atoms with Crippen LogP contribution in [-0.2, 0) is 10.0 Å². The van der Waals surface area contributed by atoms with E-state index in [9.17, 15) is 23.1 Å². The highest BCUT2D eigenvalue weighted by Crippen LogP contribution is 2.24. The molecule has 0 aromatic heterocycles. The van der Waals surface area contributed by atoms with E-state index >= 15 is 0 Å². The minimum atomic E-state index is -3.97. The molecule has 0 atom stereocenters. The minimum Gasteiger partial charge on any atom is -0.478 e. The van der Waals surface area contributed by atoms with Crippen LogP contribution in [0.15, 0.2) is 71.6 Å². The molecule has 0 saturated heterocycles. The summed E-state index contributed by atoms with van der Waals surface area (Å²) in [6.07, 6.45) is 0. The number of hydrogen-bond donors (Lipinski definition) is 3. The molecular formula is C21H17ClN2O5S. The van der Waals surface area contributed by atoms with Crippen LogP contribution in [0.1, 0.15) is 26.3 Å². The zero-order valence-electron chi connectivity index (χ0n) is 15.7. The highest BCUT2D eigenvalue weighted by molar-refractivity contribution is 7.92. The van der Waals surface area contributed by atoms with Gasteiger partial charge in [0.1, 0.15) is 0 Å². The largest absolute Gasteiger partial charge is 0.478 e. The lowest BCUT2D eigenvalue weighted by Gasteiger charge is -2.12. The van der Waals surface area contributed by atoms with E-state index in [2.05, 4.69) is 10.0 Å². The fraction of sp³-hybridized carbons (Fsp3) is 0.0476. The fourth-order valence-electron chi connectivity index (χ4n) is 2.72. The average Bonchev–Trinajstić information content (AvgIpc) is 2.70. The lowest BCUT2D eigenvalue weighted by molar-refractivity contribution is 0.0698. The summed E-state index contributed by atoms with van der Waals surface area (Å²) in [5.74, 6) is -1.83. The number of para-hydroxylation sites is 1. The Morgan fingerprint density at radius 1 is 0.933 bits per heavy atom. The Balaban J connectivity index is 1.86. The third-order valence-electron chi connectivity index (χ3n) is 4.24. The van der Waals surface area contributed by atoms with Crippen LogP contribution < -0.4 is 10.0 Å². The fourth-order valence-corrected chi connectivity index (χ4v) is 4.13. The molecule has 3 rings (SSSR count). The quantitative estimate of drug-likeness (QED) is 0.521. The van der Waals surface area contributed by atoms with E-state index in [-0.39, 0.29) is 21.7 Å².